The Labute approximate surface area is 195 Å². The van der Waals surface area contributed by atoms with Crippen molar-refractivity contribution in [2.75, 3.05) is 39.3 Å². The number of hydrogen-bond acceptors (Lipinski definition) is 5. The van der Waals surface area contributed by atoms with Gasteiger partial charge in [0.2, 0.25) is 21.8 Å². The normalized spacial score (nSPS) is 17.2. The van der Waals surface area contributed by atoms with E-state index in [2.05, 4.69) is 4.98 Å². The number of piperazine rings is 1. The molecule has 0 unspecified atom stereocenters. The highest BCUT2D eigenvalue weighted by molar-refractivity contribution is 7.89. The molecule has 180 valence electrons. The molecule has 0 radical (unpaired) electrons. The van der Waals surface area contributed by atoms with Gasteiger partial charge in [0.15, 0.2) is 0 Å². The summed E-state index contributed by atoms with van der Waals surface area (Å²) in [6.07, 6.45) is 2.81. The van der Waals surface area contributed by atoms with Crippen molar-refractivity contribution in [3.05, 3.63) is 24.0 Å². The fourth-order valence-electron chi connectivity index (χ4n) is 4.47. The molecular formula is C23H33N5O4S. The molecule has 1 aromatic carbocycles. The van der Waals surface area contributed by atoms with E-state index in [0.717, 1.165) is 24.2 Å². The third-order valence-corrected chi connectivity index (χ3v) is 8.77. The van der Waals surface area contributed by atoms with Crippen LogP contribution in [0.1, 0.15) is 38.9 Å². The average Bonchev–Trinajstić information content (AvgIpc) is 3.62. The van der Waals surface area contributed by atoms with E-state index in [9.17, 15) is 18.0 Å². The number of benzene rings is 1. The van der Waals surface area contributed by atoms with Gasteiger partial charge in [-0.05, 0) is 31.0 Å². The molecule has 4 rings (SSSR count). The van der Waals surface area contributed by atoms with E-state index >= 15 is 0 Å². The highest BCUT2D eigenvalue weighted by Crippen LogP contribution is 2.31. The lowest BCUT2D eigenvalue weighted by atomic mass is 10.2. The molecule has 10 heteroatoms. The predicted octanol–water partition coefficient (Wildman–Crippen LogP) is 1.62. The zero-order chi connectivity index (χ0) is 23.8. The topological polar surface area (TPSA) is 95.8 Å². The molecule has 9 nitrogen and oxygen atoms in total. The lowest BCUT2D eigenvalue weighted by Crippen LogP contribution is -2.51. The minimum absolute atomic E-state index is 0.0605. The van der Waals surface area contributed by atoms with Gasteiger partial charge in [0, 0.05) is 65.1 Å². The monoisotopic (exact) mass is 475 g/mol. The third-order valence-electron chi connectivity index (χ3n) is 6.72. The standard InChI is InChI=1S/C23H33N5O4S/c1-4-28(5-2)33(31,32)18-8-9-20-19(16-18)24-21(25(20)3)10-11-22(29)26-12-14-27(15-13-26)23(30)17-6-7-17/h8-9,16-17H,4-7,10-15H2,1-3H3. The van der Waals surface area contributed by atoms with Gasteiger partial charge in [0.1, 0.15) is 5.82 Å². The molecule has 2 fully saturated rings. The number of amides is 2. The van der Waals surface area contributed by atoms with E-state index in [1.165, 1.54) is 4.31 Å². The Balaban J connectivity index is 1.40. The van der Waals surface area contributed by atoms with Gasteiger partial charge in [0.25, 0.3) is 0 Å². The zero-order valence-electron chi connectivity index (χ0n) is 19.7. The Morgan fingerprint density at radius 1 is 1.06 bits per heavy atom. The number of rotatable bonds is 8. The number of fused-ring (bicyclic) bond motifs is 1. The first kappa shape index (κ1) is 23.7. The highest BCUT2D eigenvalue weighted by atomic mass is 32.2. The summed E-state index contributed by atoms with van der Waals surface area (Å²) in [6, 6.07) is 5.01. The number of nitrogens with zero attached hydrogens (tertiary/aromatic N) is 5. The van der Waals surface area contributed by atoms with Crippen molar-refractivity contribution in [3.63, 3.8) is 0 Å². The van der Waals surface area contributed by atoms with Crippen LogP contribution in [0.2, 0.25) is 0 Å². The van der Waals surface area contributed by atoms with Gasteiger partial charge in [-0.15, -0.1) is 0 Å². The Morgan fingerprint density at radius 3 is 2.30 bits per heavy atom. The number of sulfonamides is 1. The highest BCUT2D eigenvalue weighted by Gasteiger charge is 2.35. The third kappa shape index (κ3) is 4.77. The summed E-state index contributed by atoms with van der Waals surface area (Å²) in [5.41, 5.74) is 1.45. The minimum Gasteiger partial charge on any atom is -0.339 e. The summed E-state index contributed by atoms with van der Waals surface area (Å²) >= 11 is 0. The summed E-state index contributed by atoms with van der Waals surface area (Å²) < 4.78 is 29.0. The molecule has 1 aromatic heterocycles. The van der Waals surface area contributed by atoms with Gasteiger partial charge in [-0.3, -0.25) is 9.59 Å². The molecule has 2 amide bonds. The minimum atomic E-state index is -3.55. The first-order valence-corrected chi connectivity index (χ1v) is 13.2. The lowest BCUT2D eigenvalue weighted by molar-refractivity contribution is -0.140. The zero-order valence-corrected chi connectivity index (χ0v) is 20.5. The fraction of sp³-hybridized carbons (Fsp3) is 0.609. The van der Waals surface area contributed by atoms with Crippen LogP contribution in [0.4, 0.5) is 0 Å². The van der Waals surface area contributed by atoms with E-state index in [-0.39, 0.29) is 22.6 Å². The second-order valence-corrected chi connectivity index (χ2v) is 10.7. The molecule has 2 aliphatic rings. The van der Waals surface area contributed by atoms with Gasteiger partial charge in [0.05, 0.1) is 15.9 Å². The quantitative estimate of drug-likeness (QED) is 0.578. The van der Waals surface area contributed by atoms with Crippen molar-refractivity contribution in [3.8, 4) is 0 Å². The largest absolute Gasteiger partial charge is 0.339 e. The van der Waals surface area contributed by atoms with Crippen LogP contribution in [0.5, 0.6) is 0 Å². The van der Waals surface area contributed by atoms with Crippen LogP contribution in [-0.2, 0) is 33.1 Å². The van der Waals surface area contributed by atoms with E-state index in [0.29, 0.717) is 57.6 Å². The van der Waals surface area contributed by atoms with Gasteiger partial charge < -0.3 is 14.4 Å². The van der Waals surface area contributed by atoms with Crippen molar-refractivity contribution in [1.29, 1.82) is 0 Å². The maximum atomic E-state index is 12.8. The fourth-order valence-corrected chi connectivity index (χ4v) is 5.95. The van der Waals surface area contributed by atoms with Gasteiger partial charge in [-0.1, -0.05) is 13.8 Å². The number of imidazole rings is 1. The number of carbonyl (C=O) groups is 2. The van der Waals surface area contributed by atoms with Crippen molar-refractivity contribution in [2.45, 2.75) is 44.4 Å². The number of aromatic nitrogens is 2. The van der Waals surface area contributed by atoms with Gasteiger partial charge in [-0.2, -0.15) is 4.31 Å². The Bertz CT molecular complexity index is 1140. The van der Waals surface area contributed by atoms with E-state index in [1.54, 1.807) is 18.2 Å². The average molecular weight is 476 g/mol. The van der Waals surface area contributed by atoms with E-state index < -0.39 is 10.0 Å². The summed E-state index contributed by atoms with van der Waals surface area (Å²) in [7, 11) is -1.67. The molecule has 0 bridgehead atoms. The smallest absolute Gasteiger partial charge is 0.243 e. The van der Waals surface area contributed by atoms with Crippen LogP contribution < -0.4 is 0 Å². The van der Waals surface area contributed by atoms with Crippen LogP contribution in [0.3, 0.4) is 0 Å². The molecule has 1 aliphatic heterocycles. The predicted molar refractivity (Wildman–Crippen MR) is 125 cm³/mol. The molecule has 1 saturated heterocycles. The van der Waals surface area contributed by atoms with Gasteiger partial charge in [-0.25, -0.2) is 13.4 Å². The Hall–Kier alpha value is -2.46. The molecule has 1 aliphatic carbocycles. The SMILES string of the molecule is CCN(CC)S(=O)(=O)c1ccc2c(c1)nc(CCC(=O)N1CCN(C(=O)C3CC3)CC1)n2C. The first-order valence-electron chi connectivity index (χ1n) is 11.8. The number of aryl methyl sites for hydroxylation is 2. The molecule has 2 aromatic rings. The second kappa shape index (κ2) is 9.42. The van der Waals surface area contributed by atoms with Crippen LogP contribution in [0.25, 0.3) is 11.0 Å². The summed E-state index contributed by atoms with van der Waals surface area (Å²) in [6.45, 7) is 6.83. The Morgan fingerprint density at radius 2 is 1.70 bits per heavy atom. The summed E-state index contributed by atoms with van der Waals surface area (Å²) in [5, 5.41) is 0. The van der Waals surface area contributed by atoms with Crippen LogP contribution in [0.15, 0.2) is 23.1 Å². The van der Waals surface area contributed by atoms with Crippen molar-refractivity contribution in [1.82, 2.24) is 23.7 Å². The second-order valence-electron chi connectivity index (χ2n) is 8.81. The maximum absolute atomic E-state index is 12.8. The molecule has 0 N–H and O–H groups in total. The van der Waals surface area contributed by atoms with E-state index in [1.807, 2.05) is 35.3 Å². The van der Waals surface area contributed by atoms with Crippen molar-refractivity contribution < 1.29 is 18.0 Å². The molecular weight excluding hydrogens is 442 g/mol. The maximum Gasteiger partial charge on any atom is 0.243 e. The number of carbonyl (C=O) groups excluding carboxylic acids is 2. The molecule has 0 spiro atoms. The van der Waals surface area contributed by atoms with Gasteiger partial charge >= 0.3 is 0 Å². The summed E-state index contributed by atoms with van der Waals surface area (Å²) in [4.78, 5) is 33.5. The van der Waals surface area contributed by atoms with E-state index in [4.69, 9.17) is 0 Å². The van der Waals surface area contributed by atoms with Crippen LogP contribution >= 0.6 is 0 Å². The molecule has 0 atom stereocenters. The summed E-state index contributed by atoms with van der Waals surface area (Å²) in [5.74, 6) is 1.26. The Kier molecular flexibility index (Phi) is 6.76. The van der Waals surface area contributed by atoms with Crippen molar-refractivity contribution >= 4 is 32.9 Å². The number of hydrogen-bond donors (Lipinski definition) is 0. The molecule has 33 heavy (non-hydrogen) atoms. The van der Waals surface area contributed by atoms with Crippen LogP contribution in [0, 0.1) is 5.92 Å². The van der Waals surface area contributed by atoms with Crippen molar-refractivity contribution in [2.24, 2.45) is 13.0 Å². The van der Waals surface area contributed by atoms with Crippen LogP contribution in [-0.4, -0.2) is 83.2 Å². The molecule has 2 heterocycles. The lowest BCUT2D eigenvalue weighted by Gasteiger charge is -2.35. The molecule has 1 saturated carbocycles. The first-order chi connectivity index (χ1) is 15.8.